The number of nitrogens with zero attached hydrogens (tertiary/aromatic N) is 2. The average molecular weight is 314 g/mol. The van der Waals surface area contributed by atoms with E-state index >= 15 is 0 Å². The first-order valence-corrected chi connectivity index (χ1v) is 8.38. The van der Waals surface area contributed by atoms with Crippen LogP contribution in [-0.2, 0) is 0 Å². The molecule has 3 rings (SSSR count). The van der Waals surface area contributed by atoms with Gasteiger partial charge in [-0.25, -0.2) is 0 Å². The van der Waals surface area contributed by atoms with Gasteiger partial charge in [-0.3, -0.25) is 9.89 Å². The number of para-hydroxylation sites is 1. The second-order valence-corrected chi connectivity index (χ2v) is 6.24. The lowest BCUT2D eigenvalue weighted by atomic mass is 10.0. The van der Waals surface area contributed by atoms with Gasteiger partial charge in [-0.15, -0.1) is 0 Å². The van der Waals surface area contributed by atoms with Crippen molar-refractivity contribution in [3.8, 4) is 5.75 Å². The molecule has 5 heteroatoms. The third-order valence-corrected chi connectivity index (χ3v) is 4.50. The van der Waals surface area contributed by atoms with Gasteiger partial charge in [0.25, 0.3) is 0 Å². The van der Waals surface area contributed by atoms with Crippen molar-refractivity contribution < 1.29 is 4.74 Å². The smallest absolute Gasteiger partial charge is 0.189 e. The molecule has 3 N–H and O–H groups in total. The van der Waals surface area contributed by atoms with Gasteiger partial charge in [-0.1, -0.05) is 29.8 Å². The number of aliphatic imine (C=N–C) groups is 1. The van der Waals surface area contributed by atoms with Crippen LogP contribution < -0.4 is 15.8 Å². The molecule has 1 aromatic carbocycles. The maximum Gasteiger partial charge on any atom is 0.189 e. The SMILES string of the molecule is CC1=CCN(CCN=C(N)NC2CCOc3ccccc32)CC1. The molecule has 0 saturated carbocycles. The Morgan fingerprint density at radius 2 is 2.30 bits per heavy atom. The Morgan fingerprint density at radius 3 is 3.13 bits per heavy atom. The van der Waals surface area contributed by atoms with Crippen molar-refractivity contribution >= 4 is 5.96 Å². The molecule has 2 aliphatic rings. The molecular weight excluding hydrogens is 288 g/mol. The maximum atomic E-state index is 6.07. The Hall–Kier alpha value is -2.01. The summed E-state index contributed by atoms with van der Waals surface area (Å²) < 4.78 is 5.67. The highest BCUT2D eigenvalue weighted by atomic mass is 16.5. The standard InChI is InChI=1S/C18H26N4O/c1-14-6-10-22(11-7-14)12-9-20-18(19)21-16-8-13-23-17-5-3-2-4-15(16)17/h2-6,16H,7-13H2,1H3,(H3,19,20,21). The highest BCUT2D eigenvalue weighted by molar-refractivity contribution is 5.78. The quantitative estimate of drug-likeness (QED) is 0.507. The molecule has 2 heterocycles. The third kappa shape index (κ3) is 4.26. The Kier molecular flexibility index (Phi) is 5.18. The number of ether oxygens (including phenoxy) is 1. The van der Waals surface area contributed by atoms with Crippen molar-refractivity contribution in [2.45, 2.75) is 25.8 Å². The van der Waals surface area contributed by atoms with Gasteiger partial charge in [-0.05, 0) is 19.4 Å². The lowest BCUT2D eigenvalue weighted by Crippen LogP contribution is -2.38. The van der Waals surface area contributed by atoms with Gasteiger partial charge < -0.3 is 15.8 Å². The number of rotatable bonds is 4. The Balaban J connectivity index is 1.50. The van der Waals surface area contributed by atoms with Crippen LogP contribution in [0, 0.1) is 0 Å². The minimum Gasteiger partial charge on any atom is -0.493 e. The van der Waals surface area contributed by atoms with Crippen LogP contribution in [0.2, 0.25) is 0 Å². The predicted molar refractivity (Wildman–Crippen MR) is 93.7 cm³/mol. The molecule has 1 atom stereocenters. The largest absolute Gasteiger partial charge is 0.493 e. The van der Waals surface area contributed by atoms with Crippen molar-refractivity contribution in [2.75, 3.05) is 32.8 Å². The van der Waals surface area contributed by atoms with Gasteiger partial charge >= 0.3 is 0 Å². The second kappa shape index (κ2) is 7.51. The molecule has 0 aromatic heterocycles. The lowest BCUT2D eigenvalue weighted by Gasteiger charge is -2.27. The Morgan fingerprint density at radius 1 is 1.43 bits per heavy atom. The van der Waals surface area contributed by atoms with Gasteiger partial charge in [-0.2, -0.15) is 0 Å². The predicted octanol–water partition coefficient (Wildman–Crippen LogP) is 2.07. The van der Waals surface area contributed by atoms with Gasteiger partial charge in [0.15, 0.2) is 5.96 Å². The van der Waals surface area contributed by atoms with Gasteiger partial charge in [0, 0.05) is 31.6 Å². The minimum absolute atomic E-state index is 0.185. The van der Waals surface area contributed by atoms with Gasteiger partial charge in [0.1, 0.15) is 5.75 Å². The van der Waals surface area contributed by atoms with E-state index in [4.69, 9.17) is 10.5 Å². The van der Waals surface area contributed by atoms with Gasteiger partial charge in [0.05, 0.1) is 19.2 Å². The zero-order chi connectivity index (χ0) is 16.1. The molecule has 23 heavy (non-hydrogen) atoms. The molecule has 0 amide bonds. The fourth-order valence-corrected chi connectivity index (χ4v) is 3.04. The molecule has 0 spiro atoms. The summed E-state index contributed by atoms with van der Waals surface area (Å²) in [5.74, 6) is 1.47. The first kappa shape index (κ1) is 15.9. The summed E-state index contributed by atoms with van der Waals surface area (Å²) in [6.07, 6.45) is 4.37. The van der Waals surface area contributed by atoms with E-state index in [9.17, 15) is 0 Å². The van der Waals surface area contributed by atoms with E-state index in [2.05, 4.69) is 34.3 Å². The van der Waals surface area contributed by atoms with Crippen LogP contribution >= 0.6 is 0 Å². The first-order valence-electron chi connectivity index (χ1n) is 8.38. The fourth-order valence-electron chi connectivity index (χ4n) is 3.04. The van der Waals surface area contributed by atoms with E-state index in [0.717, 1.165) is 50.3 Å². The highest BCUT2D eigenvalue weighted by Crippen LogP contribution is 2.31. The van der Waals surface area contributed by atoms with Crippen LogP contribution in [0.5, 0.6) is 5.75 Å². The van der Waals surface area contributed by atoms with Crippen LogP contribution in [0.15, 0.2) is 40.9 Å². The molecule has 0 bridgehead atoms. The van der Waals surface area contributed by atoms with E-state index in [0.29, 0.717) is 12.6 Å². The van der Waals surface area contributed by atoms with Crippen molar-refractivity contribution in [3.63, 3.8) is 0 Å². The molecule has 0 radical (unpaired) electrons. The summed E-state index contributed by atoms with van der Waals surface area (Å²) in [4.78, 5) is 6.89. The lowest BCUT2D eigenvalue weighted by molar-refractivity contribution is 0.262. The average Bonchev–Trinajstić information content (AvgIpc) is 2.57. The summed E-state index contributed by atoms with van der Waals surface area (Å²) in [7, 11) is 0. The van der Waals surface area contributed by atoms with E-state index in [1.165, 1.54) is 5.57 Å². The zero-order valence-corrected chi connectivity index (χ0v) is 13.8. The zero-order valence-electron chi connectivity index (χ0n) is 13.8. The monoisotopic (exact) mass is 314 g/mol. The van der Waals surface area contributed by atoms with Crippen molar-refractivity contribution in [2.24, 2.45) is 10.7 Å². The molecule has 0 fully saturated rings. The summed E-state index contributed by atoms with van der Waals surface area (Å²) >= 11 is 0. The number of nitrogens with one attached hydrogen (secondary N) is 1. The van der Waals surface area contributed by atoms with E-state index in [-0.39, 0.29) is 6.04 Å². The van der Waals surface area contributed by atoms with Crippen molar-refractivity contribution in [3.05, 3.63) is 41.5 Å². The van der Waals surface area contributed by atoms with Crippen LogP contribution in [0.25, 0.3) is 0 Å². The van der Waals surface area contributed by atoms with Gasteiger partial charge in [0.2, 0.25) is 0 Å². The highest BCUT2D eigenvalue weighted by Gasteiger charge is 2.21. The maximum absolute atomic E-state index is 6.07. The van der Waals surface area contributed by atoms with Crippen LogP contribution in [0.4, 0.5) is 0 Å². The molecule has 0 saturated heterocycles. The van der Waals surface area contributed by atoms with Crippen LogP contribution in [0.3, 0.4) is 0 Å². The normalized spacial score (nSPS) is 22.0. The van der Waals surface area contributed by atoms with Crippen LogP contribution in [-0.4, -0.2) is 43.6 Å². The molecule has 124 valence electrons. The van der Waals surface area contributed by atoms with Crippen LogP contribution in [0.1, 0.15) is 31.4 Å². The van der Waals surface area contributed by atoms with E-state index in [1.807, 2.05) is 18.2 Å². The van der Waals surface area contributed by atoms with E-state index < -0.39 is 0 Å². The number of hydrogen-bond acceptors (Lipinski definition) is 3. The number of nitrogens with two attached hydrogens (primary N) is 1. The molecule has 1 aromatic rings. The molecule has 0 aliphatic carbocycles. The molecule has 2 aliphatic heterocycles. The topological polar surface area (TPSA) is 62.9 Å². The van der Waals surface area contributed by atoms with Crippen molar-refractivity contribution in [1.82, 2.24) is 10.2 Å². The number of guanidine groups is 1. The molecule has 5 nitrogen and oxygen atoms in total. The minimum atomic E-state index is 0.185. The summed E-state index contributed by atoms with van der Waals surface area (Å²) in [5.41, 5.74) is 8.72. The first-order chi connectivity index (χ1) is 11.2. The summed E-state index contributed by atoms with van der Waals surface area (Å²) in [6.45, 7) is 6.75. The Labute approximate surface area is 138 Å². The van der Waals surface area contributed by atoms with Crippen molar-refractivity contribution in [1.29, 1.82) is 0 Å². The van der Waals surface area contributed by atoms with E-state index in [1.54, 1.807) is 0 Å². The third-order valence-electron chi connectivity index (χ3n) is 4.50. The molecular formula is C18H26N4O. The number of fused-ring (bicyclic) bond motifs is 1. The Bertz CT molecular complexity index is 596. The summed E-state index contributed by atoms with van der Waals surface area (Å²) in [5, 5.41) is 3.34. The number of benzene rings is 1. The summed E-state index contributed by atoms with van der Waals surface area (Å²) in [6, 6.07) is 8.29. The fraction of sp³-hybridized carbons (Fsp3) is 0.500. The molecule has 1 unspecified atom stereocenters. The number of hydrogen-bond donors (Lipinski definition) is 2. The second-order valence-electron chi connectivity index (χ2n) is 6.24.